The number of rotatable bonds is 4. The van der Waals surface area contributed by atoms with Crippen LogP contribution in [0, 0.1) is 0 Å². The summed E-state index contributed by atoms with van der Waals surface area (Å²) < 4.78 is 23.7. The lowest BCUT2D eigenvalue weighted by molar-refractivity contribution is 0.600. The van der Waals surface area contributed by atoms with Gasteiger partial charge in [0.15, 0.2) is 9.84 Å². The minimum atomic E-state index is -3.12. The van der Waals surface area contributed by atoms with E-state index in [9.17, 15) is 8.42 Å². The smallest absolute Gasteiger partial charge is 0.178 e. The molecule has 0 saturated carbocycles. The lowest BCUT2D eigenvalue weighted by atomic mass is 10.4. The van der Waals surface area contributed by atoms with Gasteiger partial charge < -0.3 is 0 Å². The fraction of sp³-hybridized carbons (Fsp3) is 0.375. The summed E-state index contributed by atoms with van der Waals surface area (Å²) in [5, 5.41) is 3.91. The number of sulfone groups is 1. The standard InChI is InChI=1S/C8H12N2O2S/c1-3-4-5-10-7-8(6-9-10)13(2,11)12/h3,6-7H,1,4-5H2,2H3. The third-order valence-electron chi connectivity index (χ3n) is 1.60. The molecule has 1 rings (SSSR count). The molecule has 0 fully saturated rings. The summed E-state index contributed by atoms with van der Waals surface area (Å²) in [6.07, 6.45) is 6.60. The van der Waals surface area contributed by atoms with E-state index >= 15 is 0 Å². The Kier molecular flexibility index (Phi) is 2.87. The van der Waals surface area contributed by atoms with E-state index in [0.29, 0.717) is 6.54 Å². The Morgan fingerprint density at radius 1 is 1.69 bits per heavy atom. The van der Waals surface area contributed by atoms with E-state index in [4.69, 9.17) is 0 Å². The maximum Gasteiger partial charge on any atom is 0.178 e. The Labute approximate surface area is 77.8 Å². The van der Waals surface area contributed by atoms with E-state index in [1.807, 2.05) is 0 Å². The zero-order chi connectivity index (χ0) is 9.90. The zero-order valence-electron chi connectivity index (χ0n) is 7.47. The molecule has 0 spiro atoms. The molecule has 13 heavy (non-hydrogen) atoms. The van der Waals surface area contributed by atoms with Crippen molar-refractivity contribution in [1.82, 2.24) is 9.78 Å². The third kappa shape index (κ3) is 2.69. The molecule has 0 atom stereocenters. The minimum Gasteiger partial charge on any atom is -0.271 e. The molecule has 0 N–H and O–H groups in total. The lowest BCUT2D eigenvalue weighted by Gasteiger charge is -1.95. The maximum atomic E-state index is 11.0. The number of allylic oxidation sites excluding steroid dienone is 1. The molecular weight excluding hydrogens is 188 g/mol. The van der Waals surface area contributed by atoms with Crippen molar-refractivity contribution in [3.63, 3.8) is 0 Å². The first kappa shape index (κ1) is 9.98. The molecule has 0 unspecified atom stereocenters. The topological polar surface area (TPSA) is 52.0 Å². The summed E-state index contributed by atoms with van der Waals surface area (Å²) in [5.74, 6) is 0. The average Bonchev–Trinajstić information content (AvgIpc) is 2.47. The highest BCUT2D eigenvalue weighted by Gasteiger charge is 2.08. The monoisotopic (exact) mass is 200 g/mol. The predicted molar refractivity (Wildman–Crippen MR) is 50.2 cm³/mol. The van der Waals surface area contributed by atoms with Crippen LogP contribution in [0.3, 0.4) is 0 Å². The molecule has 1 aromatic heterocycles. The van der Waals surface area contributed by atoms with E-state index in [1.54, 1.807) is 10.8 Å². The van der Waals surface area contributed by atoms with Gasteiger partial charge in [-0.1, -0.05) is 6.08 Å². The molecular formula is C8H12N2O2S. The first-order valence-electron chi connectivity index (χ1n) is 3.87. The van der Waals surface area contributed by atoms with Crippen molar-refractivity contribution in [3.8, 4) is 0 Å². The van der Waals surface area contributed by atoms with Crippen LogP contribution in [0.15, 0.2) is 29.9 Å². The number of aryl methyl sites for hydroxylation is 1. The Morgan fingerprint density at radius 3 is 2.85 bits per heavy atom. The van der Waals surface area contributed by atoms with Crippen LogP contribution >= 0.6 is 0 Å². The van der Waals surface area contributed by atoms with E-state index in [-0.39, 0.29) is 4.90 Å². The summed E-state index contributed by atoms with van der Waals surface area (Å²) >= 11 is 0. The average molecular weight is 200 g/mol. The molecule has 0 aromatic carbocycles. The maximum absolute atomic E-state index is 11.0. The summed E-state index contributed by atoms with van der Waals surface area (Å²) in [6, 6.07) is 0. The van der Waals surface area contributed by atoms with E-state index in [0.717, 1.165) is 6.42 Å². The van der Waals surface area contributed by atoms with Gasteiger partial charge in [-0.25, -0.2) is 8.42 Å². The van der Waals surface area contributed by atoms with Gasteiger partial charge in [-0.05, 0) is 6.42 Å². The van der Waals surface area contributed by atoms with E-state index in [1.165, 1.54) is 18.6 Å². The summed E-state index contributed by atoms with van der Waals surface area (Å²) in [6.45, 7) is 4.24. The molecule has 0 bridgehead atoms. The third-order valence-corrected chi connectivity index (χ3v) is 2.67. The lowest BCUT2D eigenvalue weighted by Crippen LogP contribution is -1.97. The molecule has 72 valence electrons. The van der Waals surface area contributed by atoms with E-state index in [2.05, 4.69) is 11.7 Å². The van der Waals surface area contributed by atoms with Crippen molar-refractivity contribution >= 4 is 9.84 Å². The SMILES string of the molecule is C=CCCn1cc(S(C)(=O)=O)cn1. The van der Waals surface area contributed by atoms with Crippen LogP contribution in [0.4, 0.5) is 0 Å². The fourth-order valence-corrected chi connectivity index (χ4v) is 1.43. The van der Waals surface area contributed by atoms with Gasteiger partial charge in [-0.15, -0.1) is 6.58 Å². The highest BCUT2D eigenvalue weighted by atomic mass is 32.2. The summed E-state index contributed by atoms with van der Waals surface area (Å²) in [5.41, 5.74) is 0. The van der Waals surface area contributed by atoms with Crippen LogP contribution in [0.25, 0.3) is 0 Å². The van der Waals surface area contributed by atoms with Crippen molar-refractivity contribution in [2.24, 2.45) is 0 Å². The Hall–Kier alpha value is -1.10. The largest absolute Gasteiger partial charge is 0.271 e. The molecule has 0 saturated heterocycles. The molecule has 0 radical (unpaired) electrons. The highest BCUT2D eigenvalue weighted by molar-refractivity contribution is 7.90. The predicted octanol–water partition coefficient (Wildman–Crippen LogP) is 0.863. The number of hydrogen-bond acceptors (Lipinski definition) is 3. The Bertz CT molecular complexity index is 392. The van der Waals surface area contributed by atoms with Crippen molar-refractivity contribution in [3.05, 3.63) is 25.0 Å². The van der Waals surface area contributed by atoms with Gasteiger partial charge in [0.1, 0.15) is 4.90 Å². The van der Waals surface area contributed by atoms with Gasteiger partial charge in [0.2, 0.25) is 0 Å². The van der Waals surface area contributed by atoms with Crippen LogP contribution in [0.1, 0.15) is 6.42 Å². The van der Waals surface area contributed by atoms with Crippen molar-refractivity contribution < 1.29 is 8.42 Å². The van der Waals surface area contributed by atoms with Crippen LogP contribution < -0.4 is 0 Å². The summed E-state index contributed by atoms with van der Waals surface area (Å²) in [4.78, 5) is 0.261. The second-order valence-electron chi connectivity index (χ2n) is 2.79. The van der Waals surface area contributed by atoms with Crippen LogP contribution in [0.2, 0.25) is 0 Å². The van der Waals surface area contributed by atoms with Crippen LogP contribution in [-0.2, 0) is 16.4 Å². The Morgan fingerprint density at radius 2 is 2.38 bits per heavy atom. The molecule has 1 aromatic rings. The fourth-order valence-electron chi connectivity index (χ4n) is 0.882. The summed E-state index contributed by atoms with van der Waals surface area (Å²) in [7, 11) is -3.12. The molecule has 0 amide bonds. The van der Waals surface area contributed by atoms with Crippen molar-refractivity contribution in [2.45, 2.75) is 17.9 Å². The van der Waals surface area contributed by atoms with Gasteiger partial charge in [-0.2, -0.15) is 5.10 Å². The molecule has 4 nitrogen and oxygen atoms in total. The van der Waals surface area contributed by atoms with Gasteiger partial charge in [0.05, 0.1) is 6.20 Å². The first-order valence-corrected chi connectivity index (χ1v) is 5.76. The van der Waals surface area contributed by atoms with Gasteiger partial charge in [-0.3, -0.25) is 4.68 Å². The van der Waals surface area contributed by atoms with Gasteiger partial charge in [0, 0.05) is 19.0 Å². The molecule has 0 aliphatic heterocycles. The van der Waals surface area contributed by atoms with Gasteiger partial charge in [0.25, 0.3) is 0 Å². The van der Waals surface area contributed by atoms with Crippen molar-refractivity contribution in [1.29, 1.82) is 0 Å². The molecule has 0 aliphatic rings. The Balaban J connectivity index is 2.81. The molecule has 1 heterocycles. The molecule has 5 heteroatoms. The second kappa shape index (κ2) is 3.74. The number of nitrogens with zero attached hydrogens (tertiary/aromatic N) is 2. The van der Waals surface area contributed by atoms with Gasteiger partial charge >= 0.3 is 0 Å². The quantitative estimate of drug-likeness (QED) is 0.677. The highest BCUT2D eigenvalue weighted by Crippen LogP contribution is 2.06. The van der Waals surface area contributed by atoms with Crippen LogP contribution in [-0.4, -0.2) is 24.5 Å². The first-order chi connectivity index (χ1) is 6.04. The normalized spacial score (nSPS) is 11.5. The second-order valence-corrected chi connectivity index (χ2v) is 4.80. The van der Waals surface area contributed by atoms with Crippen LogP contribution in [0.5, 0.6) is 0 Å². The number of hydrogen-bond donors (Lipinski definition) is 0. The van der Waals surface area contributed by atoms with Crippen molar-refractivity contribution in [2.75, 3.05) is 6.26 Å². The zero-order valence-corrected chi connectivity index (χ0v) is 8.29. The molecule has 0 aliphatic carbocycles. The minimum absolute atomic E-state index is 0.261. The van der Waals surface area contributed by atoms with E-state index < -0.39 is 9.84 Å². The number of aromatic nitrogens is 2.